The minimum absolute atomic E-state index is 0.218. The first kappa shape index (κ1) is 11.7. The van der Waals surface area contributed by atoms with Gasteiger partial charge in [-0.15, -0.1) is 0 Å². The summed E-state index contributed by atoms with van der Waals surface area (Å²) in [6, 6.07) is 6.34. The quantitative estimate of drug-likeness (QED) is 0.610. The number of hydrogen-bond acceptors (Lipinski definition) is 4. The van der Waals surface area contributed by atoms with Crippen molar-refractivity contribution in [2.45, 2.75) is 6.10 Å². The Labute approximate surface area is 103 Å². The lowest BCUT2D eigenvalue weighted by Crippen LogP contribution is -2.24. The zero-order chi connectivity index (χ0) is 12.4. The summed E-state index contributed by atoms with van der Waals surface area (Å²) >= 11 is 5.72. The normalized spacial score (nSPS) is 18.6. The number of hydrogen-bond donors (Lipinski definition) is 0. The predicted octanol–water partition coefficient (Wildman–Crippen LogP) is 1.98. The SMILES string of the molecule is COC1=CC(=O)O[C@H]1C(=O)c1ccc(Cl)cc1. The number of benzene rings is 1. The number of methoxy groups -OCH3 is 1. The van der Waals surface area contributed by atoms with Crippen LogP contribution >= 0.6 is 11.6 Å². The smallest absolute Gasteiger partial charge is 0.335 e. The molecule has 1 aromatic rings. The van der Waals surface area contributed by atoms with Crippen molar-refractivity contribution in [3.05, 3.63) is 46.7 Å². The molecule has 2 rings (SSSR count). The predicted molar refractivity (Wildman–Crippen MR) is 60.8 cm³/mol. The van der Waals surface area contributed by atoms with Gasteiger partial charge in [0.2, 0.25) is 11.9 Å². The maximum Gasteiger partial charge on any atom is 0.335 e. The average Bonchev–Trinajstić information content (AvgIpc) is 2.70. The number of cyclic esters (lactones) is 1. The molecule has 1 atom stereocenters. The van der Waals surface area contributed by atoms with Crippen LogP contribution in [0.2, 0.25) is 5.02 Å². The number of halogens is 1. The van der Waals surface area contributed by atoms with Crippen molar-refractivity contribution in [1.82, 2.24) is 0 Å². The summed E-state index contributed by atoms with van der Waals surface area (Å²) in [7, 11) is 1.38. The number of esters is 1. The molecule has 0 bridgehead atoms. The molecule has 0 saturated heterocycles. The molecule has 0 N–H and O–H groups in total. The fraction of sp³-hybridized carbons (Fsp3) is 0.167. The molecule has 0 saturated carbocycles. The van der Waals surface area contributed by atoms with Crippen molar-refractivity contribution in [2.75, 3.05) is 7.11 Å². The highest BCUT2D eigenvalue weighted by atomic mass is 35.5. The van der Waals surface area contributed by atoms with Crippen molar-refractivity contribution in [3.8, 4) is 0 Å². The van der Waals surface area contributed by atoms with Crippen LogP contribution in [0.3, 0.4) is 0 Å². The van der Waals surface area contributed by atoms with Crippen molar-refractivity contribution in [1.29, 1.82) is 0 Å². The number of rotatable bonds is 3. The Morgan fingerprint density at radius 2 is 2.00 bits per heavy atom. The van der Waals surface area contributed by atoms with Crippen LogP contribution in [0.15, 0.2) is 36.1 Å². The fourth-order valence-electron chi connectivity index (χ4n) is 1.51. The van der Waals surface area contributed by atoms with E-state index in [1.807, 2.05) is 0 Å². The van der Waals surface area contributed by atoms with E-state index in [0.717, 1.165) is 0 Å². The molecule has 1 aliphatic heterocycles. The second-order valence-corrected chi connectivity index (χ2v) is 3.88. The van der Waals surface area contributed by atoms with Crippen LogP contribution in [0.1, 0.15) is 10.4 Å². The summed E-state index contributed by atoms with van der Waals surface area (Å²) in [5, 5.41) is 0.535. The second kappa shape index (κ2) is 4.59. The van der Waals surface area contributed by atoms with Gasteiger partial charge in [0.1, 0.15) is 0 Å². The molecule has 0 spiro atoms. The highest BCUT2D eigenvalue weighted by Gasteiger charge is 2.34. The number of ketones is 1. The second-order valence-electron chi connectivity index (χ2n) is 3.44. The largest absolute Gasteiger partial charge is 0.496 e. The molecule has 0 aliphatic carbocycles. The van der Waals surface area contributed by atoms with Gasteiger partial charge < -0.3 is 9.47 Å². The van der Waals surface area contributed by atoms with Crippen LogP contribution in [-0.2, 0) is 14.3 Å². The Morgan fingerprint density at radius 3 is 2.59 bits per heavy atom. The minimum atomic E-state index is -0.992. The molecule has 0 unspecified atom stereocenters. The van der Waals surface area contributed by atoms with Crippen molar-refractivity contribution in [3.63, 3.8) is 0 Å². The van der Waals surface area contributed by atoms with Crippen LogP contribution in [-0.4, -0.2) is 25.0 Å². The maximum atomic E-state index is 12.0. The van der Waals surface area contributed by atoms with Gasteiger partial charge in [-0.3, -0.25) is 4.79 Å². The number of Topliss-reactive ketones (excluding diaryl/α,β-unsaturated/α-hetero) is 1. The van der Waals surface area contributed by atoms with E-state index in [0.29, 0.717) is 10.6 Å². The summed E-state index contributed by atoms with van der Waals surface area (Å²) < 4.78 is 9.80. The van der Waals surface area contributed by atoms with Gasteiger partial charge in [0.15, 0.2) is 5.76 Å². The molecule has 0 amide bonds. The van der Waals surface area contributed by atoms with Crippen molar-refractivity contribution in [2.24, 2.45) is 0 Å². The Kier molecular flexibility index (Phi) is 3.15. The first-order chi connectivity index (χ1) is 8.11. The molecular weight excluding hydrogens is 244 g/mol. The standard InChI is InChI=1S/C12H9ClO4/c1-16-9-6-10(14)17-12(9)11(15)7-2-4-8(13)5-3-7/h2-6,12H,1H3/t12-/m1/s1. The van der Waals surface area contributed by atoms with Crippen LogP contribution < -0.4 is 0 Å². The highest BCUT2D eigenvalue weighted by Crippen LogP contribution is 2.21. The van der Waals surface area contributed by atoms with Crippen molar-refractivity contribution < 1.29 is 19.1 Å². The van der Waals surface area contributed by atoms with E-state index in [9.17, 15) is 9.59 Å². The van der Waals surface area contributed by atoms with E-state index in [-0.39, 0.29) is 11.5 Å². The number of carbonyl (C=O) groups excluding carboxylic acids is 2. The molecule has 1 aliphatic rings. The average molecular weight is 253 g/mol. The van der Waals surface area contributed by atoms with E-state index in [2.05, 4.69) is 0 Å². The molecule has 17 heavy (non-hydrogen) atoms. The van der Waals surface area contributed by atoms with E-state index in [1.54, 1.807) is 24.3 Å². The topological polar surface area (TPSA) is 52.6 Å². The lowest BCUT2D eigenvalue weighted by atomic mass is 10.1. The molecular formula is C12H9ClO4. The number of ether oxygens (including phenoxy) is 2. The van der Waals surface area contributed by atoms with E-state index in [4.69, 9.17) is 21.1 Å². The van der Waals surface area contributed by atoms with Crippen LogP contribution in [0.25, 0.3) is 0 Å². The number of carbonyl (C=O) groups is 2. The summed E-state index contributed by atoms with van der Waals surface area (Å²) in [5.74, 6) is -0.690. The first-order valence-electron chi connectivity index (χ1n) is 4.88. The van der Waals surface area contributed by atoms with Crippen LogP contribution in [0.5, 0.6) is 0 Å². The molecule has 88 valence electrons. The van der Waals surface area contributed by atoms with Crippen molar-refractivity contribution >= 4 is 23.4 Å². The van der Waals surface area contributed by atoms with Gasteiger partial charge in [0, 0.05) is 10.6 Å². The van der Waals surface area contributed by atoms with Gasteiger partial charge in [-0.05, 0) is 24.3 Å². The molecule has 0 aromatic heterocycles. The molecule has 5 heteroatoms. The third kappa shape index (κ3) is 2.31. The Morgan fingerprint density at radius 1 is 1.35 bits per heavy atom. The van der Waals surface area contributed by atoms with Gasteiger partial charge in [-0.25, -0.2) is 4.79 Å². The first-order valence-corrected chi connectivity index (χ1v) is 5.25. The van der Waals surface area contributed by atoms with Gasteiger partial charge in [0.25, 0.3) is 0 Å². The third-order valence-corrected chi connectivity index (χ3v) is 2.61. The highest BCUT2D eigenvalue weighted by molar-refractivity contribution is 6.30. The fourth-order valence-corrected chi connectivity index (χ4v) is 1.64. The minimum Gasteiger partial charge on any atom is -0.496 e. The third-order valence-electron chi connectivity index (χ3n) is 2.36. The Hall–Kier alpha value is -1.81. The molecule has 1 aromatic carbocycles. The van der Waals surface area contributed by atoms with E-state index >= 15 is 0 Å². The van der Waals surface area contributed by atoms with E-state index in [1.165, 1.54) is 13.2 Å². The lowest BCUT2D eigenvalue weighted by Gasteiger charge is -2.11. The van der Waals surface area contributed by atoms with Crippen LogP contribution in [0, 0.1) is 0 Å². The van der Waals surface area contributed by atoms with Gasteiger partial charge in [-0.1, -0.05) is 11.6 Å². The summed E-state index contributed by atoms with van der Waals surface area (Å²) in [4.78, 5) is 23.1. The molecule has 4 nitrogen and oxygen atoms in total. The summed E-state index contributed by atoms with van der Waals surface area (Å²) in [6.45, 7) is 0. The van der Waals surface area contributed by atoms with Crippen LogP contribution in [0.4, 0.5) is 0 Å². The summed E-state index contributed by atoms with van der Waals surface area (Å²) in [6.07, 6.45) is 0.173. The maximum absolute atomic E-state index is 12.0. The van der Waals surface area contributed by atoms with Gasteiger partial charge >= 0.3 is 5.97 Å². The van der Waals surface area contributed by atoms with E-state index < -0.39 is 12.1 Å². The Bertz CT molecular complexity index is 490. The van der Waals surface area contributed by atoms with Gasteiger partial charge in [-0.2, -0.15) is 0 Å². The summed E-state index contributed by atoms with van der Waals surface area (Å²) in [5.41, 5.74) is 0.414. The molecule has 1 heterocycles. The monoisotopic (exact) mass is 252 g/mol. The zero-order valence-electron chi connectivity index (χ0n) is 8.98. The molecule has 0 fully saturated rings. The lowest BCUT2D eigenvalue weighted by molar-refractivity contribution is -0.137. The van der Waals surface area contributed by atoms with Gasteiger partial charge in [0.05, 0.1) is 13.2 Å². The molecule has 0 radical (unpaired) electrons. The zero-order valence-corrected chi connectivity index (χ0v) is 9.73. The Balaban J connectivity index is 2.24.